The van der Waals surface area contributed by atoms with Gasteiger partial charge >= 0.3 is 18.2 Å². The van der Waals surface area contributed by atoms with Crippen molar-refractivity contribution < 1.29 is 28.6 Å². The number of alkyl carbamates (subject to hydrolysis) is 2. The van der Waals surface area contributed by atoms with Gasteiger partial charge in [0.1, 0.15) is 6.04 Å². The minimum Gasteiger partial charge on any atom is -0.464 e. The van der Waals surface area contributed by atoms with Crippen LogP contribution in [0.1, 0.15) is 77.6 Å². The zero-order valence-corrected chi connectivity index (χ0v) is 22.8. The molecule has 2 fully saturated rings. The summed E-state index contributed by atoms with van der Waals surface area (Å²) in [4.78, 5) is 36.9. The molecule has 210 valence electrons. The Hall–Kier alpha value is -2.69. The molecule has 0 bridgehead atoms. The van der Waals surface area contributed by atoms with Crippen molar-refractivity contribution in [3.05, 3.63) is 12.2 Å². The van der Waals surface area contributed by atoms with Gasteiger partial charge in [0.2, 0.25) is 0 Å². The summed E-state index contributed by atoms with van der Waals surface area (Å²) >= 11 is 0. The Kier molecular flexibility index (Phi) is 10.8. The van der Waals surface area contributed by atoms with Crippen LogP contribution in [0.2, 0.25) is 0 Å². The number of ether oxygens (including phenoxy) is 3. The van der Waals surface area contributed by atoms with E-state index in [0.717, 1.165) is 38.5 Å². The summed E-state index contributed by atoms with van der Waals surface area (Å²) in [5.41, 5.74) is 0. The number of carbonyl (C=O) groups is 3. The summed E-state index contributed by atoms with van der Waals surface area (Å²) in [5.74, 6) is 9.39. The van der Waals surface area contributed by atoms with Crippen LogP contribution in [0.3, 0.4) is 0 Å². The predicted octanol–water partition coefficient (Wildman–Crippen LogP) is 4.97. The maximum Gasteiger partial charge on any atom is 0.407 e. The number of hydrogen-bond acceptors (Lipinski definition) is 6. The molecule has 0 heterocycles. The molecule has 2 N–H and O–H groups in total. The molecule has 0 aliphatic heterocycles. The van der Waals surface area contributed by atoms with Gasteiger partial charge in [0.25, 0.3) is 0 Å². The summed E-state index contributed by atoms with van der Waals surface area (Å²) < 4.78 is 16.1. The minimum atomic E-state index is -0.767. The van der Waals surface area contributed by atoms with E-state index < -0.39 is 18.1 Å². The Labute approximate surface area is 227 Å². The van der Waals surface area contributed by atoms with E-state index in [4.69, 9.17) is 14.2 Å². The molecule has 2 amide bonds. The average Bonchev–Trinajstić information content (AvgIpc) is 3.73. The maximum atomic E-state index is 12.4. The van der Waals surface area contributed by atoms with Gasteiger partial charge in [0.15, 0.2) is 0 Å². The molecule has 8 heteroatoms. The molecular weight excluding hydrogens is 484 g/mol. The van der Waals surface area contributed by atoms with Crippen LogP contribution in [-0.2, 0) is 19.0 Å². The summed E-state index contributed by atoms with van der Waals surface area (Å²) in [6, 6.07) is -0.767. The fourth-order valence-corrected chi connectivity index (χ4v) is 6.46. The molecule has 4 aliphatic rings. The van der Waals surface area contributed by atoms with E-state index in [2.05, 4.69) is 34.6 Å². The van der Waals surface area contributed by atoms with Gasteiger partial charge in [-0.1, -0.05) is 12.2 Å². The molecular formula is C30H44N2O6. The molecule has 4 aliphatic carbocycles. The highest BCUT2D eigenvalue weighted by Crippen LogP contribution is 2.53. The molecule has 7 atom stereocenters. The van der Waals surface area contributed by atoms with Crippen molar-refractivity contribution in [1.29, 1.82) is 0 Å². The summed E-state index contributed by atoms with van der Waals surface area (Å²) in [5, 5.41) is 5.49. The molecule has 0 aromatic carbocycles. The van der Waals surface area contributed by atoms with Crippen molar-refractivity contribution >= 4 is 18.2 Å². The predicted molar refractivity (Wildman–Crippen MR) is 143 cm³/mol. The first-order valence-electron chi connectivity index (χ1n) is 14.7. The molecule has 2 saturated carbocycles. The number of hydrogen-bond donors (Lipinski definition) is 2. The van der Waals surface area contributed by atoms with Crippen molar-refractivity contribution in [1.82, 2.24) is 10.6 Å². The van der Waals surface area contributed by atoms with Crippen LogP contribution in [-0.4, -0.2) is 50.6 Å². The first-order valence-corrected chi connectivity index (χ1v) is 14.7. The number of esters is 1. The fraction of sp³-hybridized carbons (Fsp3) is 0.767. The second kappa shape index (κ2) is 14.5. The maximum absolute atomic E-state index is 12.4. The second-order valence-corrected chi connectivity index (χ2v) is 11.1. The van der Waals surface area contributed by atoms with Crippen LogP contribution in [0.25, 0.3) is 0 Å². The Morgan fingerprint density at radius 2 is 1.39 bits per heavy atom. The van der Waals surface area contributed by atoms with Gasteiger partial charge in [-0.2, -0.15) is 0 Å². The first-order chi connectivity index (χ1) is 18.6. The van der Waals surface area contributed by atoms with Gasteiger partial charge in [-0.15, -0.1) is 11.8 Å². The molecule has 4 rings (SSSR count). The van der Waals surface area contributed by atoms with Crippen molar-refractivity contribution in [2.75, 3.05) is 26.4 Å². The number of fused-ring (bicyclic) bond motifs is 2. The van der Waals surface area contributed by atoms with E-state index in [9.17, 15) is 14.4 Å². The van der Waals surface area contributed by atoms with E-state index in [1.807, 2.05) is 0 Å². The normalized spacial score (nSPS) is 30.6. The third-order valence-electron chi connectivity index (χ3n) is 8.71. The van der Waals surface area contributed by atoms with E-state index in [1.54, 1.807) is 6.92 Å². The molecule has 0 aromatic heterocycles. The van der Waals surface area contributed by atoms with Crippen molar-refractivity contribution in [3.63, 3.8) is 0 Å². The van der Waals surface area contributed by atoms with Crippen LogP contribution in [0.15, 0.2) is 12.2 Å². The van der Waals surface area contributed by atoms with Crippen LogP contribution in [0, 0.1) is 47.3 Å². The second-order valence-electron chi connectivity index (χ2n) is 11.1. The molecule has 0 radical (unpaired) electrons. The fourth-order valence-electron chi connectivity index (χ4n) is 6.46. The van der Waals surface area contributed by atoms with Gasteiger partial charge < -0.3 is 24.8 Å². The lowest BCUT2D eigenvalue weighted by Crippen LogP contribution is -2.42. The van der Waals surface area contributed by atoms with E-state index in [1.165, 1.54) is 12.8 Å². The molecule has 0 aromatic rings. The SMILES string of the molecule is CCOC(=O)[C@H](CCCCNC(=O)OCC1[C@H]2CC/C=C\CC[C@@H]12)NC(=O)OCC1[C@H]2CCC#CCC[C@@H]12. The third-order valence-corrected chi connectivity index (χ3v) is 8.71. The van der Waals surface area contributed by atoms with E-state index in [-0.39, 0.29) is 12.7 Å². The van der Waals surface area contributed by atoms with Gasteiger partial charge in [0.05, 0.1) is 19.8 Å². The highest BCUT2D eigenvalue weighted by Gasteiger charge is 2.50. The van der Waals surface area contributed by atoms with Gasteiger partial charge in [-0.05, 0) is 100 Å². The number of rotatable bonds is 12. The number of nitrogens with one attached hydrogen (secondary N) is 2. The van der Waals surface area contributed by atoms with Gasteiger partial charge in [-0.25, -0.2) is 14.4 Å². The first kappa shape index (κ1) is 28.3. The standard InChI is InChI=1S/C30H44N2O6/c1-2-36-28(33)27(32-30(35)38-20-26-23-15-9-5-6-10-16-24(23)26)17-11-12-18-31-29(34)37-19-25-21-13-7-3-4-8-14-22(21)25/h3-4,21-27H,2,7-20H2,1H3,(H,31,34)(H,32,35)/b4-3-/t21-,22+,23-,24+,25?,26?,27-/m0/s1. The zero-order chi connectivity index (χ0) is 26.7. The lowest BCUT2D eigenvalue weighted by atomic mass is 10.1. The van der Waals surface area contributed by atoms with Gasteiger partial charge in [0, 0.05) is 19.4 Å². The molecule has 2 unspecified atom stereocenters. The third kappa shape index (κ3) is 8.41. The number of amides is 2. The Bertz CT molecular complexity index is 874. The molecule has 38 heavy (non-hydrogen) atoms. The average molecular weight is 529 g/mol. The molecule has 0 saturated heterocycles. The Balaban J connectivity index is 1.08. The van der Waals surface area contributed by atoms with Gasteiger partial charge in [-0.3, -0.25) is 0 Å². The Morgan fingerprint density at radius 1 is 0.816 bits per heavy atom. The number of allylic oxidation sites excluding steroid dienone is 2. The quantitative estimate of drug-likeness (QED) is 0.122. The lowest BCUT2D eigenvalue weighted by Gasteiger charge is -2.17. The number of carbonyl (C=O) groups excluding carboxylic acids is 3. The van der Waals surface area contributed by atoms with Crippen molar-refractivity contribution in [3.8, 4) is 11.8 Å². The smallest absolute Gasteiger partial charge is 0.407 e. The minimum absolute atomic E-state index is 0.242. The van der Waals surface area contributed by atoms with Crippen LogP contribution < -0.4 is 10.6 Å². The van der Waals surface area contributed by atoms with E-state index in [0.29, 0.717) is 74.5 Å². The summed E-state index contributed by atoms with van der Waals surface area (Å²) in [6.07, 6.45) is 13.9. The van der Waals surface area contributed by atoms with Crippen LogP contribution in [0.4, 0.5) is 9.59 Å². The van der Waals surface area contributed by atoms with Crippen molar-refractivity contribution in [2.45, 2.75) is 83.6 Å². The number of unbranched alkanes of at least 4 members (excludes halogenated alkanes) is 1. The molecule has 0 spiro atoms. The summed E-state index contributed by atoms with van der Waals surface area (Å²) in [6.45, 7) is 3.31. The highest BCUT2D eigenvalue weighted by atomic mass is 16.6. The summed E-state index contributed by atoms with van der Waals surface area (Å²) in [7, 11) is 0. The topological polar surface area (TPSA) is 103 Å². The van der Waals surface area contributed by atoms with Crippen LogP contribution in [0.5, 0.6) is 0 Å². The largest absolute Gasteiger partial charge is 0.464 e. The monoisotopic (exact) mass is 528 g/mol. The zero-order valence-electron chi connectivity index (χ0n) is 22.8. The van der Waals surface area contributed by atoms with Crippen molar-refractivity contribution in [2.24, 2.45) is 35.5 Å². The van der Waals surface area contributed by atoms with E-state index >= 15 is 0 Å². The highest BCUT2D eigenvalue weighted by molar-refractivity contribution is 5.81. The molecule has 8 nitrogen and oxygen atoms in total. The Morgan fingerprint density at radius 3 is 2.00 bits per heavy atom. The van der Waals surface area contributed by atoms with Crippen LogP contribution >= 0.6 is 0 Å². The lowest BCUT2D eigenvalue weighted by molar-refractivity contribution is -0.145.